The molecule has 0 aliphatic rings. The fraction of sp³-hybridized carbons (Fsp3) is 0.412. The van der Waals surface area contributed by atoms with Gasteiger partial charge < -0.3 is 5.32 Å². The lowest BCUT2D eigenvalue weighted by atomic mass is 9.99. The van der Waals surface area contributed by atoms with Crippen molar-refractivity contribution in [2.75, 3.05) is 6.54 Å². The van der Waals surface area contributed by atoms with Crippen molar-refractivity contribution in [3.05, 3.63) is 57.6 Å². The van der Waals surface area contributed by atoms with Crippen LogP contribution in [0.2, 0.25) is 0 Å². The number of halogens is 1. The molecular weight excluding hydrogens is 326 g/mol. The summed E-state index contributed by atoms with van der Waals surface area (Å²) in [5.41, 5.74) is 4.51. The first-order valence-corrected chi connectivity index (χ1v) is 8.17. The summed E-state index contributed by atoms with van der Waals surface area (Å²) in [5.74, 6) is 0. The monoisotopic (exact) mass is 347 g/mol. The Labute approximate surface area is 135 Å². The minimum Gasteiger partial charge on any atom is -0.310 e. The molecule has 0 saturated carbocycles. The summed E-state index contributed by atoms with van der Waals surface area (Å²) in [5, 5.41) is 3.62. The van der Waals surface area contributed by atoms with E-state index >= 15 is 0 Å². The molecule has 0 fully saturated rings. The molecule has 1 unspecified atom stereocenters. The van der Waals surface area contributed by atoms with Crippen LogP contribution in [-0.2, 0) is 6.42 Å². The molecule has 0 amide bonds. The molecular formula is C17H22BrN3. The Balaban J connectivity index is 2.22. The molecule has 2 rings (SSSR count). The van der Waals surface area contributed by atoms with Gasteiger partial charge >= 0.3 is 0 Å². The van der Waals surface area contributed by atoms with E-state index in [2.05, 4.69) is 63.3 Å². The normalized spacial score (nSPS) is 12.4. The van der Waals surface area contributed by atoms with Crippen LogP contribution >= 0.6 is 15.9 Å². The molecule has 0 aliphatic heterocycles. The first kappa shape index (κ1) is 16.1. The predicted molar refractivity (Wildman–Crippen MR) is 90.4 cm³/mol. The van der Waals surface area contributed by atoms with Gasteiger partial charge in [0.2, 0.25) is 0 Å². The van der Waals surface area contributed by atoms with Crippen LogP contribution in [0.15, 0.2) is 34.9 Å². The van der Waals surface area contributed by atoms with E-state index in [4.69, 9.17) is 0 Å². The summed E-state index contributed by atoms with van der Waals surface area (Å²) in [6.45, 7) is 7.29. The van der Waals surface area contributed by atoms with E-state index in [1.54, 1.807) is 0 Å². The maximum atomic E-state index is 4.59. The molecule has 0 radical (unpaired) electrons. The second kappa shape index (κ2) is 7.66. The van der Waals surface area contributed by atoms with Crippen LogP contribution in [-0.4, -0.2) is 16.5 Å². The molecule has 21 heavy (non-hydrogen) atoms. The SMILES string of the molecule is CCCNC(Cc1ccc(Br)cn1)c1ccc(C)nc1C. The minimum atomic E-state index is 0.256. The smallest absolute Gasteiger partial charge is 0.0423 e. The van der Waals surface area contributed by atoms with Gasteiger partial charge in [0.1, 0.15) is 0 Å². The predicted octanol–water partition coefficient (Wildman–Crippen LogP) is 4.14. The van der Waals surface area contributed by atoms with Crippen molar-refractivity contribution >= 4 is 15.9 Å². The van der Waals surface area contributed by atoms with Gasteiger partial charge in [-0.3, -0.25) is 9.97 Å². The lowest BCUT2D eigenvalue weighted by molar-refractivity contribution is 0.520. The molecule has 2 aromatic rings. The third-order valence-electron chi connectivity index (χ3n) is 3.48. The Bertz CT molecular complexity index is 581. The van der Waals surface area contributed by atoms with Crippen LogP contribution in [0.1, 0.15) is 42.0 Å². The van der Waals surface area contributed by atoms with E-state index < -0.39 is 0 Å². The zero-order chi connectivity index (χ0) is 15.2. The van der Waals surface area contributed by atoms with Crippen LogP contribution in [0.3, 0.4) is 0 Å². The summed E-state index contributed by atoms with van der Waals surface area (Å²) >= 11 is 3.43. The Morgan fingerprint density at radius 2 is 2.00 bits per heavy atom. The standard InChI is InChI=1S/C17H22BrN3/c1-4-9-19-17(10-15-7-6-14(18)11-20-15)16-8-5-12(2)21-13(16)3/h5-8,11,17,19H,4,9-10H2,1-3H3. The number of hydrogen-bond acceptors (Lipinski definition) is 3. The van der Waals surface area contributed by atoms with E-state index in [0.29, 0.717) is 0 Å². The zero-order valence-corrected chi connectivity index (χ0v) is 14.4. The summed E-state index contributed by atoms with van der Waals surface area (Å²) in [6, 6.07) is 8.63. The molecule has 1 atom stereocenters. The van der Waals surface area contributed by atoms with Gasteiger partial charge in [0.25, 0.3) is 0 Å². The summed E-state index contributed by atoms with van der Waals surface area (Å²) in [7, 11) is 0. The number of aryl methyl sites for hydroxylation is 2. The van der Waals surface area contributed by atoms with Crippen LogP contribution in [0, 0.1) is 13.8 Å². The topological polar surface area (TPSA) is 37.8 Å². The third kappa shape index (κ3) is 4.61. The van der Waals surface area contributed by atoms with Gasteiger partial charge in [-0.2, -0.15) is 0 Å². The maximum absolute atomic E-state index is 4.59. The number of hydrogen-bond donors (Lipinski definition) is 1. The molecule has 112 valence electrons. The molecule has 1 N–H and O–H groups in total. The maximum Gasteiger partial charge on any atom is 0.0423 e. The summed E-state index contributed by atoms with van der Waals surface area (Å²) < 4.78 is 1.01. The van der Waals surface area contributed by atoms with Crippen molar-refractivity contribution in [3.8, 4) is 0 Å². The zero-order valence-electron chi connectivity index (χ0n) is 12.9. The summed E-state index contributed by atoms with van der Waals surface area (Å²) in [4.78, 5) is 9.08. The fourth-order valence-electron chi connectivity index (χ4n) is 2.41. The number of rotatable bonds is 6. The lowest BCUT2D eigenvalue weighted by Gasteiger charge is -2.20. The van der Waals surface area contributed by atoms with Gasteiger partial charge in [-0.25, -0.2) is 0 Å². The number of pyridine rings is 2. The lowest BCUT2D eigenvalue weighted by Crippen LogP contribution is -2.25. The highest BCUT2D eigenvalue weighted by atomic mass is 79.9. The van der Waals surface area contributed by atoms with Crippen LogP contribution in [0.4, 0.5) is 0 Å². The molecule has 0 spiro atoms. The number of nitrogens with zero attached hydrogens (tertiary/aromatic N) is 2. The van der Waals surface area contributed by atoms with E-state index in [0.717, 1.165) is 40.9 Å². The first-order chi connectivity index (χ1) is 10.1. The minimum absolute atomic E-state index is 0.256. The average Bonchev–Trinajstić information content (AvgIpc) is 2.46. The molecule has 3 nitrogen and oxygen atoms in total. The largest absolute Gasteiger partial charge is 0.310 e. The molecule has 2 aromatic heterocycles. The van der Waals surface area contributed by atoms with E-state index in [1.807, 2.05) is 19.2 Å². The first-order valence-electron chi connectivity index (χ1n) is 7.38. The molecule has 4 heteroatoms. The molecule has 0 aromatic carbocycles. The Kier molecular flexibility index (Phi) is 5.88. The van der Waals surface area contributed by atoms with Gasteiger partial charge in [-0.05, 0) is 66.5 Å². The van der Waals surface area contributed by atoms with Crippen molar-refractivity contribution in [1.82, 2.24) is 15.3 Å². The Hall–Kier alpha value is -1.26. The number of aromatic nitrogens is 2. The second-order valence-corrected chi connectivity index (χ2v) is 6.22. The van der Waals surface area contributed by atoms with E-state index in [1.165, 1.54) is 5.56 Å². The van der Waals surface area contributed by atoms with Gasteiger partial charge in [0, 0.05) is 40.2 Å². The average molecular weight is 348 g/mol. The highest BCUT2D eigenvalue weighted by molar-refractivity contribution is 9.10. The molecule has 0 bridgehead atoms. The van der Waals surface area contributed by atoms with Crippen molar-refractivity contribution in [2.24, 2.45) is 0 Å². The highest BCUT2D eigenvalue weighted by Crippen LogP contribution is 2.21. The van der Waals surface area contributed by atoms with E-state index in [9.17, 15) is 0 Å². The van der Waals surface area contributed by atoms with Crippen LogP contribution in [0.25, 0.3) is 0 Å². The molecule has 0 aliphatic carbocycles. The summed E-state index contributed by atoms with van der Waals surface area (Å²) in [6.07, 6.45) is 3.84. The van der Waals surface area contributed by atoms with Crippen molar-refractivity contribution in [1.29, 1.82) is 0 Å². The van der Waals surface area contributed by atoms with Gasteiger partial charge in [-0.15, -0.1) is 0 Å². The van der Waals surface area contributed by atoms with Crippen molar-refractivity contribution in [3.63, 3.8) is 0 Å². The van der Waals surface area contributed by atoms with Crippen LogP contribution < -0.4 is 5.32 Å². The van der Waals surface area contributed by atoms with Crippen molar-refractivity contribution < 1.29 is 0 Å². The second-order valence-electron chi connectivity index (χ2n) is 5.31. The van der Waals surface area contributed by atoms with Gasteiger partial charge in [-0.1, -0.05) is 13.0 Å². The fourth-order valence-corrected chi connectivity index (χ4v) is 2.65. The highest BCUT2D eigenvalue weighted by Gasteiger charge is 2.15. The molecule has 2 heterocycles. The van der Waals surface area contributed by atoms with Gasteiger partial charge in [0.05, 0.1) is 0 Å². The third-order valence-corrected chi connectivity index (χ3v) is 3.95. The van der Waals surface area contributed by atoms with Crippen molar-refractivity contribution in [2.45, 2.75) is 39.7 Å². The Morgan fingerprint density at radius 1 is 1.19 bits per heavy atom. The Morgan fingerprint density at radius 3 is 2.62 bits per heavy atom. The number of nitrogens with one attached hydrogen (secondary N) is 1. The quantitative estimate of drug-likeness (QED) is 0.853. The molecule has 0 saturated heterocycles. The van der Waals surface area contributed by atoms with Crippen LogP contribution in [0.5, 0.6) is 0 Å². The van der Waals surface area contributed by atoms with Gasteiger partial charge in [0.15, 0.2) is 0 Å². The van der Waals surface area contributed by atoms with E-state index in [-0.39, 0.29) is 6.04 Å².